The minimum atomic E-state index is 0.537. The van der Waals surface area contributed by atoms with E-state index in [1.165, 1.54) is 6.42 Å². The van der Waals surface area contributed by atoms with E-state index in [1.807, 2.05) is 13.0 Å². The van der Waals surface area contributed by atoms with Gasteiger partial charge in [0.25, 0.3) is 0 Å². The van der Waals surface area contributed by atoms with E-state index in [1.54, 1.807) is 0 Å². The van der Waals surface area contributed by atoms with E-state index in [9.17, 15) is 0 Å². The molecule has 0 saturated carbocycles. The molecule has 1 aromatic rings. The highest BCUT2D eigenvalue weighted by Crippen LogP contribution is 2.18. The molecule has 0 amide bonds. The maximum Gasteiger partial charge on any atom is 0.134 e. The highest BCUT2D eigenvalue weighted by molar-refractivity contribution is 6.29. The third-order valence-corrected chi connectivity index (χ3v) is 3.17. The van der Waals surface area contributed by atoms with E-state index in [0.29, 0.717) is 11.1 Å². The van der Waals surface area contributed by atoms with Crippen molar-refractivity contribution in [3.63, 3.8) is 0 Å². The Morgan fingerprint density at radius 1 is 1.29 bits per heavy atom. The van der Waals surface area contributed by atoms with Crippen molar-refractivity contribution in [2.45, 2.75) is 40.5 Å². The van der Waals surface area contributed by atoms with Gasteiger partial charge in [-0.15, -0.1) is 0 Å². The van der Waals surface area contributed by atoms with Crippen LogP contribution in [0.1, 0.15) is 39.9 Å². The van der Waals surface area contributed by atoms with Crippen molar-refractivity contribution in [3.8, 4) is 0 Å². The van der Waals surface area contributed by atoms with E-state index in [4.69, 9.17) is 11.6 Å². The minimum absolute atomic E-state index is 0.537. The first kappa shape index (κ1) is 14.2. The summed E-state index contributed by atoms with van der Waals surface area (Å²) in [4.78, 5) is 11.0. The van der Waals surface area contributed by atoms with Crippen LogP contribution in [-0.4, -0.2) is 23.1 Å². The molecular weight excluding hydrogens is 234 g/mol. The molecule has 0 spiro atoms. The Morgan fingerprint density at radius 2 is 2.00 bits per heavy atom. The van der Waals surface area contributed by atoms with Crippen molar-refractivity contribution >= 4 is 17.4 Å². The Morgan fingerprint density at radius 3 is 2.53 bits per heavy atom. The lowest BCUT2D eigenvalue weighted by molar-refractivity contribution is 0.545. The highest BCUT2D eigenvalue weighted by atomic mass is 35.5. The summed E-state index contributed by atoms with van der Waals surface area (Å²) < 4.78 is 0. The number of aryl methyl sites for hydroxylation is 1. The summed E-state index contributed by atoms with van der Waals surface area (Å²) in [6.07, 6.45) is 1.99. The fourth-order valence-corrected chi connectivity index (χ4v) is 1.86. The molecule has 1 atom stereocenters. The van der Waals surface area contributed by atoms with Crippen LogP contribution >= 0.6 is 11.6 Å². The van der Waals surface area contributed by atoms with Crippen molar-refractivity contribution in [1.82, 2.24) is 9.97 Å². The average Bonchev–Trinajstić information content (AvgIpc) is 2.34. The van der Waals surface area contributed by atoms with Crippen LogP contribution < -0.4 is 4.90 Å². The molecule has 1 aromatic heterocycles. The summed E-state index contributed by atoms with van der Waals surface area (Å²) >= 11 is 6.02. The zero-order chi connectivity index (χ0) is 12.8. The first-order valence-corrected chi connectivity index (χ1v) is 6.76. The Balaban J connectivity index is 2.90. The molecule has 3 nitrogen and oxygen atoms in total. The van der Waals surface area contributed by atoms with Crippen LogP contribution in [-0.2, 0) is 6.42 Å². The third-order valence-electron chi connectivity index (χ3n) is 2.98. The lowest BCUT2D eigenvalue weighted by Gasteiger charge is -2.25. The summed E-state index contributed by atoms with van der Waals surface area (Å²) in [5, 5.41) is 0.537. The third kappa shape index (κ3) is 4.15. The molecule has 1 rings (SSSR count). The number of rotatable bonds is 6. The molecular formula is C13H22ClN3. The Bertz CT molecular complexity index is 355. The molecule has 0 N–H and O–H groups in total. The van der Waals surface area contributed by atoms with Crippen molar-refractivity contribution < 1.29 is 0 Å². The summed E-state index contributed by atoms with van der Waals surface area (Å²) in [7, 11) is 0. The molecule has 17 heavy (non-hydrogen) atoms. The van der Waals surface area contributed by atoms with Gasteiger partial charge in [0.1, 0.15) is 16.8 Å². The molecule has 1 unspecified atom stereocenters. The molecule has 4 heteroatoms. The van der Waals surface area contributed by atoms with Crippen LogP contribution in [0.2, 0.25) is 5.15 Å². The molecule has 0 aromatic carbocycles. The fraction of sp³-hybridized carbons (Fsp3) is 0.692. The van der Waals surface area contributed by atoms with Gasteiger partial charge in [0, 0.05) is 25.6 Å². The second kappa shape index (κ2) is 6.80. The zero-order valence-corrected chi connectivity index (χ0v) is 12.0. The molecule has 0 aliphatic rings. The van der Waals surface area contributed by atoms with Crippen LogP contribution in [0.4, 0.5) is 5.82 Å². The molecule has 0 saturated heterocycles. The molecule has 0 aliphatic heterocycles. The van der Waals surface area contributed by atoms with Crippen molar-refractivity contribution in [2.75, 3.05) is 18.0 Å². The highest BCUT2D eigenvalue weighted by Gasteiger charge is 2.11. The van der Waals surface area contributed by atoms with E-state index in [0.717, 1.165) is 31.2 Å². The molecule has 0 fully saturated rings. The maximum atomic E-state index is 6.02. The molecule has 96 valence electrons. The summed E-state index contributed by atoms with van der Waals surface area (Å²) in [5.74, 6) is 2.42. The van der Waals surface area contributed by atoms with Crippen molar-refractivity contribution in [2.24, 2.45) is 5.92 Å². The SMILES string of the molecule is CCc1nc(Cl)cc(N(CC)CC(C)CC)n1. The number of anilines is 1. The largest absolute Gasteiger partial charge is 0.356 e. The first-order chi connectivity index (χ1) is 8.10. The van der Waals surface area contributed by atoms with Gasteiger partial charge in [-0.05, 0) is 12.8 Å². The normalized spacial score (nSPS) is 12.5. The van der Waals surface area contributed by atoms with Gasteiger partial charge in [-0.3, -0.25) is 0 Å². The van der Waals surface area contributed by atoms with Gasteiger partial charge in [0.2, 0.25) is 0 Å². The van der Waals surface area contributed by atoms with Crippen LogP contribution in [0, 0.1) is 5.92 Å². The second-order valence-corrected chi connectivity index (χ2v) is 4.76. The summed E-state index contributed by atoms with van der Waals surface area (Å²) in [5.41, 5.74) is 0. The number of aromatic nitrogens is 2. The predicted molar refractivity (Wildman–Crippen MR) is 73.8 cm³/mol. The zero-order valence-electron chi connectivity index (χ0n) is 11.2. The summed E-state index contributed by atoms with van der Waals surface area (Å²) in [6, 6.07) is 1.85. The monoisotopic (exact) mass is 255 g/mol. The van der Waals surface area contributed by atoms with Gasteiger partial charge in [-0.25, -0.2) is 9.97 Å². The molecule has 0 aliphatic carbocycles. The van der Waals surface area contributed by atoms with Crippen LogP contribution in [0.15, 0.2) is 6.07 Å². The van der Waals surface area contributed by atoms with E-state index in [-0.39, 0.29) is 0 Å². The average molecular weight is 256 g/mol. The maximum absolute atomic E-state index is 6.02. The van der Waals surface area contributed by atoms with Crippen LogP contribution in [0.25, 0.3) is 0 Å². The second-order valence-electron chi connectivity index (χ2n) is 4.37. The summed E-state index contributed by atoms with van der Waals surface area (Å²) in [6.45, 7) is 10.6. The van der Waals surface area contributed by atoms with Crippen LogP contribution in [0.3, 0.4) is 0 Å². The van der Waals surface area contributed by atoms with Gasteiger partial charge in [-0.2, -0.15) is 0 Å². The topological polar surface area (TPSA) is 29.0 Å². The van der Waals surface area contributed by atoms with E-state index < -0.39 is 0 Å². The van der Waals surface area contributed by atoms with Gasteiger partial charge in [-0.1, -0.05) is 38.8 Å². The number of hydrogen-bond donors (Lipinski definition) is 0. The van der Waals surface area contributed by atoms with Gasteiger partial charge in [0.05, 0.1) is 0 Å². The lowest BCUT2D eigenvalue weighted by Crippen LogP contribution is -2.29. The Labute approximate surface area is 109 Å². The predicted octanol–water partition coefficient (Wildman–Crippen LogP) is 3.56. The van der Waals surface area contributed by atoms with Gasteiger partial charge < -0.3 is 4.90 Å². The molecule has 1 heterocycles. The van der Waals surface area contributed by atoms with Crippen molar-refractivity contribution in [3.05, 3.63) is 17.0 Å². The van der Waals surface area contributed by atoms with Gasteiger partial charge >= 0.3 is 0 Å². The van der Waals surface area contributed by atoms with E-state index in [2.05, 4.69) is 35.6 Å². The number of nitrogens with zero attached hydrogens (tertiary/aromatic N) is 3. The number of halogens is 1. The first-order valence-electron chi connectivity index (χ1n) is 6.39. The standard InChI is InChI=1S/C13H22ClN3/c1-5-10(4)9-17(7-3)13-8-11(14)15-12(6-2)16-13/h8,10H,5-7,9H2,1-4H3. The number of hydrogen-bond acceptors (Lipinski definition) is 3. The Hall–Kier alpha value is -0.830. The van der Waals surface area contributed by atoms with E-state index >= 15 is 0 Å². The molecule has 0 bridgehead atoms. The quantitative estimate of drug-likeness (QED) is 0.728. The fourth-order valence-electron chi connectivity index (χ4n) is 1.66. The van der Waals surface area contributed by atoms with Crippen LogP contribution in [0.5, 0.6) is 0 Å². The molecule has 0 radical (unpaired) electrons. The van der Waals surface area contributed by atoms with Gasteiger partial charge in [0.15, 0.2) is 0 Å². The van der Waals surface area contributed by atoms with Crippen molar-refractivity contribution in [1.29, 1.82) is 0 Å². The minimum Gasteiger partial charge on any atom is -0.356 e. The lowest BCUT2D eigenvalue weighted by atomic mass is 10.1. The Kier molecular flexibility index (Phi) is 5.69. The smallest absolute Gasteiger partial charge is 0.134 e.